The Balaban J connectivity index is 2.24. The van der Waals surface area contributed by atoms with Gasteiger partial charge in [0, 0.05) is 12.4 Å². The Hall–Kier alpha value is -1.42. The van der Waals surface area contributed by atoms with E-state index in [0.717, 1.165) is 18.7 Å². The number of carbonyl (C=O) groups excluding carboxylic acids is 1. The van der Waals surface area contributed by atoms with E-state index in [1.807, 2.05) is 25.3 Å². The maximum absolute atomic E-state index is 11.9. The average Bonchev–Trinajstić information content (AvgIpc) is 2.94. The number of likely N-dealkylation sites (tertiary alicyclic amines) is 1. The molecule has 1 aromatic rings. The molecule has 1 saturated heterocycles. The number of hydrogen-bond donors (Lipinski definition) is 0. The number of aromatic nitrogens is 1. The summed E-state index contributed by atoms with van der Waals surface area (Å²) in [5.41, 5.74) is 0.779. The quantitative estimate of drug-likeness (QED) is 0.764. The van der Waals surface area contributed by atoms with Crippen molar-refractivity contribution >= 4 is 5.97 Å². The first kappa shape index (κ1) is 14.0. The molecule has 4 nitrogen and oxygen atoms in total. The van der Waals surface area contributed by atoms with Crippen molar-refractivity contribution in [2.75, 3.05) is 19.7 Å². The van der Waals surface area contributed by atoms with E-state index in [4.69, 9.17) is 4.74 Å². The van der Waals surface area contributed by atoms with E-state index in [1.54, 1.807) is 6.20 Å². The highest BCUT2D eigenvalue weighted by molar-refractivity contribution is 5.71. The molecule has 1 unspecified atom stereocenters. The summed E-state index contributed by atoms with van der Waals surface area (Å²) in [4.78, 5) is 18.5. The molecule has 0 spiro atoms. The zero-order valence-electron chi connectivity index (χ0n) is 11.8. The van der Waals surface area contributed by atoms with Gasteiger partial charge >= 0.3 is 5.97 Å². The Morgan fingerprint density at radius 2 is 2.21 bits per heavy atom. The highest BCUT2D eigenvalue weighted by atomic mass is 16.5. The van der Waals surface area contributed by atoms with E-state index in [0.29, 0.717) is 13.0 Å². The fraction of sp³-hybridized carbons (Fsp3) is 0.600. The first-order valence-electron chi connectivity index (χ1n) is 6.98. The summed E-state index contributed by atoms with van der Waals surface area (Å²) in [6, 6.07) is 3.97. The van der Waals surface area contributed by atoms with Crippen molar-refractivity contribution in [2.45, 2.75) is 38.6 Å². The summed E-state index contributed by atoms with van der Waals surface area (Å²) < 4.78 is 5.13. The first-order chi connectivity index (χ1) is 9.16. The minimum Gasteiger partial charge on any atom is -0.466 e. The predicted octanol–water partition coefficient (Wildman–Crippen LogP) is 2.35. The first-order valence-corrected chi connectivity index (χ1v) is 6.98. The summed E-state index contributed by atoms with van der Waals surface area (Å²) >= 11 is 0. The summed E-state index contributed by atoms with van der Waals surface area (Å²) in [5, 5.41) is 0. The van der Waals surface area contributed by atoms with Crippen molar-refractivity contribution < 1.29 is 9.53 Å². The molecule has 4 heteroatoms. The molecular weight excluding hydrogens is 240 g/mol. The molecule has 2 heterocycles. The van der Waals surface area contributed by atoms with Crippen LogP contribution in [0, 0.1) is 0 Å². The summed E-state index contributed by atoms with van der Waals surface area (Å²) in [6.45, 7) is 6.46. The lowest BCUT2D eigenvalue weighted by Gasteiger charge is -2.38. The summed E-state index contributed by atoms with van der Waals surface area (Å²) in [7, 11) is 0. The van der Waals surface area contributed by atoms with Crippen LogP contribution in [0.4, 0.5) is 0 Å². The molecule has 0 amide bonds. The van der Waals surface area contributed by atoms with Crippen LogP contribution in [0.2, 0.25) is 0 Å². The molecule has 1 aliphatic heterocycles. The standard InChI is InChI=1S/C15H22N2O2/c1-3-19-14(18)11-15(2,17-9-4-5-10-17)13-7-6-8-16-12-13/h6-8,12H,3-5,9-11H2,1-2H3. The average molecular weight is 262 g/mol. The molecule has 2 rings (SSSR count). The van der Waals surface area contributed by atoms with Gasteiger partial charge in [0.1, 0.15) is 0 Å². The van der Waals surface area contributed by atoms with Gasteiger partial charge in [-0.3, -0.25) is 14.7 Å². The number of esters is 1. The van der Waals surface area contributed by atoms with Crippen LogP contribution in [-0.4, -0.2) is 35.5 Å². The highest BCUT2D eigenvalue weighted by Gasteiger charge is 2.38. The molecule has 0 bridgehead atoms. The van der Waals surface area contributed by atoms with Crippen LogP contribution in [0.5, 0.6) is 0 Å². The Bertz CT molecular complexity index is 415. The van der Waals surface area contributed by atoms with Gasteiger partial charge in [0.15, 0.2) is 0 Å². The second kappa shape index (κ2) is 6.15. The van der Waals surface area contributed by atoms with Crippen LogP contribution in [0.15, 0.2) is 24.5 Å². The van der Waals surface area contributed by atoms with Gasteiger partial charge in [0.2, 0.25) is 0 Å². The molecule has 1 fully saturated rings. The van der Waals surface area contributed by atoms with Crippen LogP contribution >= 0.6 is 0 Å². The maximum atomic E-state index is 11.9. The molecule has 1 aromatic heterocycles. The highest BCUT2D eigenvalue weighted by Crippen LogP contribution is 2.34. The van der Waals surface area contributed by atoms with Gasteiger partial charge in [0.25, 0.3) is 0 Å². The lowest BCUT2D eigenvalue weighted by Crippen LogP contribution is -2.44. The van der Waals surface area contributed by atoms with Crippen LogP contribution in [0.1, 0.15) is 38.7 Å². The predicted molar refractivity (Wildman–Crippen MR) is 73.6 cm³/mol. The summed E-state index contributed by atoms with van der Waals surface area (Å²) in [5.74, 6) is -0.138. The Morgan fingerprint density at radius 3 is 2.79 bits per heavy atom. The van der Waals surface area contributed by atoms with Crippen molar-refractivity contribution in [3.8, 4) is 0 Å². The number of nitrogens with zero attached hydrogens (tertiary/aromatic N) is 2. The van der Waals surface area contributed by atoms with Gasteiger partial charge in [0.05, 0.1) is 18.6 Å². The minimum atomic E-state index is -0.309. The van der Waals surface area contributed by atoms with Crippen LogP contribution in [0.25, 0.3) is 0 Å². The molecule has 0 radical (unpaired) electrons. The van der Waals surface area contributed by atoms with E-state index in [2.05, 4.69) is 16.8 Å². The number of rotatable bonds is 5. The SMILES string of the molecule is CCOC(=O)CC(C)(c1cccnc1)N1CCCC1. The fourth-order valence-electron chi connectivity index (χ4n) is 2.78. The molecular formula is C15H22N2O2. The van der Waals surface area contributed by atoms with Gasteiger partial charge in [-0.1, -0.05) is 6.07 Å². The van der Waals surface area contributed by atoms with E-state index >= 15 is 0 Å². The normalized spacial score (nSPS) is 19.1. The van der Waals surface area contributed by atoms with Crippen molar-refractivity contribution in [1.82, 2.24) is 9.88 Å². The molecule has 0 saturated carbocycles. The van der Waals surface area contributed by atoms with E-state index in [9.17, 15) is 4.79 Å². The van der Waals surface area contributed by atoms with Crippen molar-refractivity contribution in [1.29, 1.82) is 0 Å². The van der Waals surface area contributed by atoms with Crippen LogP contribution in [-0.2, 0) is 15.1 Å². The smallest absolute Gasteiger partial charge is 0.308 e. The topological polar surface area (TPSA) is 42.4 Å². The molecule has 1 atom stereocenters. The summed E-state index contributed by atoms with van der Waals surface area (Å²) in [6.07, 6.45) is 6.39. The number of hydrogen-bond acceptors (Lipinski definition) is 4. The monoisotopic (exact) mass is 262 g/mol. The zero-order chi connectivity index (χ0) is 13.7. The number of carbonyl (C=O) groups is 1. The van der Waals surface area contributed by atoms with E-state index in [1.165, 1.54) is 12.8 Å². The van der Waals surface area contributed by atoms with E-state index in [-0.39, 0.29) is 11.5 Å². The molecule has 0 aromatic carbocycles. The molecule has 104 valence electrons. The second-order valence-electron chi connectivity index (χ2n) is 5.19. The molecule has 19 heavy (non-hydrogen) atoms. The molecule has 1 aliphatic rings. The van der Waals surface area contributed by atoms with Crippen molar-refractivity contribution in [3.63, 3.8) is 0 Å². The van der Waals surface area contributed by atoms with Crippen LogP contribution in [0.3, 0.4) is 0 Å². The number of pyridine rings is 1. The van der Waals surface area contributed by atoms with Crippen molar-refractivity contribution in [3.05, 3.63) is 30.1 Å². The third kappa shape index (κ3) is 3.13. The third-order valence-electron chi connectivity index (χ3n) is 3.88. The zero-order valence-corrected chi connectivity index (χ0v) is 11.8. The largest absolute Gasteiger partial charge is 0.466 e. The van der Waals surface area contributed by atoms with Gasteiger partial charge in [-0.15, -0.1) is 0 Å². The Morgan fingerprint density at radius 1 is 1.47 bits per heavy atom. The number of ether oxygens (including phenoxy) is 1. The second-order valence-corrected chi connectivity index (χ2v) is 5.19. The van der Waals surface area contributed by atoms with Crippen LogP contribution < -0.4 is 0 Å². The molecule has 0 aliphatic carbocycles. The maximum Gasteiger partial charge on any atom is 0.308 e. The van der Waals surface area contributed by atoms with Gasteiger partial charge in [-0.25, -0.2) is 0 Å². The lowest BCUT2D eigenvalue weighted by molar-refractivity contribution is -0.146. The van der Waals surface area contributed by atoms with Gasteiger partial charge in [-0.05, 0) is 51.4 Å². The van der Waals surface area contributed by atoms with Crippen molar-refractivity contribution in [2.24, 2.45) is 0 Å². The fourth-order valence-corrected chi connectivity index (χ4v) is 2.78. The third-order valence-corrected chi connectivity index (χ3v) is 3.88. The lowest BCUT2D eigenvalue weighted by atomic mass is 9.88. The Kier molecular flexibility index (Phi) is 4.53. The van der Waals surface area contributed by atoms with Gasteiger partial charge < -0.3 is 4.74 Å². The van der Waals surface area contributed by atoms with E-state index < -0.39 is 0 Å². The van der Waals surface area contributed by atoms with Gasteiger partial charge in [-0.2, -0.15) is 0 Å². The Labute approximate surface area is 114 Å². The molecule has 0 N–H and O–H groups in total. The minimum absolute atomic E-state index is 0.138.